The van der Waals surface area contributed by atoms with Gasteiger partial charge in [0.25, 0.3) is 0 Å². The van der Waals surface area contributed by atoms with Crippen molar-refractivity contribution in [3.05, 3.63) is 27.4 Å². The van der Waals surface area contributed by atoms with Crippen molar-refractivity contribution in [1.82, 2.24) is 4.31 Å². The molecule has 0 aromatic carbocycles. The zero-order valence-electron chi connectivity index (χ0n) is 9.54. The smallest absolute Gasteiger partial charge is 0.245 e. The number of sulfonamides is 1. The van der Waals surface area contributed by atoms with Crippen LogP contribution >= 0.6 is 27.3 Å². The van der Waals surface area contributed by atoms with Crippen LogP contribution in [0, 0.1) is 0 Å². The van der Waals surface area contributed by atoms with Crippen LogP contribution in [0.3, 0.4) is 0 Å². The molecule has 8 heteroatoms. The molecule has 0 spiro atoms. The second kappa shape index (κ2) is 6.78. The predicted molar refractivity (Wildman–Crippen MR) is 74.0 cm³/mol. The molecule has 0 fully saturated rings. The van der Waals surface area contributed by atoms with E-state index in [0.29, 0.717) is 8.66 Å². The van der Waals surface area contributed by atoms with E-state index >= 15 is 0 Å². The highest BCUT2D eigenvalue weighted by molar-refractivity contribution is 9.11. The van der Waals surface area contributed by atoms with Gasteiger partial charge in [-0.15, -0.1) is 17.9 Å². The van der Waals surface area contributed by atoms with Gasteiger partial charge in [0.05, 0.1) is 17.0 Å². The van der Waals surface area contributed by atoms with Crippen molar-refractivity contribution in [2.24, 2.45) is 0 Å². The molecule has 0 atom stereocenters. The Morgan fingerprint density at radius 1 is 1.50 bits per heavy atom. The maximum absolute atomic E-state index is 12.3. The Balaban J connectivity index is 3.16. The molecule has 1 aromatic heterocycles. The van der Waals surface area contributed by atoms with E-state index in [1.165, 1.54) is 23.5 Å². The van der Waals surface area contributed by atoms with Crippen LogP contribution < -0.4 is 0 Å². The van der Waals surface area contributed by atoms with Crippen molar-refractivity contribution in [3.8, 4) is 0 Å². The van der Waals surface area contributed by atoms with E-state index in [1.807, 2.05) is 0 Å². The number of rotatable bonds is 7. The van der Waals surface area contributed by atoms with E-state index in [4.69, 9.17) is 10.2 Å². The van der Waals surface area contributed by atoms with Gasteiger partial charge in [-0.05, 0) is 22.0 Å². The Morgan fingerprint density at radius 2 is 2.17 bits per heavy atom. The third-order valence-electron chi connectivity index (χ3n) is 2.16. The Bertz CT molecular complexity index is 512. The van der Waals surface area contributed by atoms with E-state index in [2.05, 4.69) is 22.5 Å². The summed E-state index contributed by atoms with van der Waals surface area (Å²) in [5.74, 6) is 0. The highest BCUT2D eigenvalue weighted by Crippen LogP contribution is 2.33. The number of nitrogens with zero attached hydrogens (tertiary/aromatic N) is 1. The van der Waals surface area contributed by atoms with Crippen LogP contribution in [-0.4, -0.2) is 42.6 Å². The zero-order chi connectivity index (χ0) is 13.8. The van der Waals surface area contributed by atoms with Crippen LogP contribution in [0.5, 0.6) is 0 Å². The third kappa shape index (κ3) is 3.40. The maximum Gasteiger partial charge on any atom is 0.245 e. The summed E-state index contributed by atoms with van der Waals surface area (Å²) >= 11 is 4.34. The molecule has 2 N–H and O–H groups in total. The molecule has 1 aromatic rings. The average molecular weight is 356 g/mol. The number of aliphatic hydroxyl groups excluding tert-OH is 2. The molecule has 0 unspecified atom stereocenters. The molecule has 5 nitrogen and oxygen atoms in total. The van der Waals surface area contributed by atoms with Crippen molar-refractivity contribution >= 4 is 37.3 Å². The number of hydrogen-bond donors (Lipinski definition) is 2. The van der Waals surface area contributed by atoms with Crippen molar-refractivity contribution in [3.63, 3.8) is 0 Å². The molecule has 0 aliphatic heterocycles. The molecule has 0 amide bonds. The van der Waals surface area contributed by atoms with E-state index < -0.39 is 10.0 Å². The molecule has 0 radical (unpaired) electrons. The van der Waals surface area contributed by atoms with Crippen molar-refractivity contribution in [2.45, 2.75) is 11.5 Å². The minimum atomic E-state index is -3.69. The summed E-state index contributed by atoms with van der Waals surface area (Å²) < 4.78 is 26.2. The van der Waals surface area contributed by atoms with Crippen LogP contribution in [0.4, 0.5) is 0 Å². The standard InChI is InChI=1S/C10H14BrNO4S2/c1-2-3-12(4-5-13)18(15,16)9-6-8(7-14)17-10(9)11/h2,6,13-14H,1,3-5,7H2. The molecule has 1 heterocycles. The van der Waals surface area contributed by atoms with Gasteiger partial charge in [0.1, 0.15) is 4.90 Å². The molecule has 0 bridgehead atoms. The van der Waals surface area contributed by atoms with Crippen LogP contribution in [0.15, 0.2) is 27.4 Å². The fourth-order valence-corrected chi connectivity index (χ4v) is 5.25. The monoisotopic (exact) mass is 355 g/mol. The lowest BCUT2D eigenvalue weighted by atomic mass is 10.5. The number of aliphatic hydroxyl groups is 2. The average Bonchev–Trinajstić information content (AvgIpc) is 2.71. The zero-order valence-corrected chi connectivity index (χ0v) is 12.8. The minimum absolute atomic E-state index is 0.00506. The first-order valence-electron chi connectivity index (χ1n) is 5.08. The molecule has 0 saturated carbocycles. The SMILES string of the molecule is C=CCN(CCO)S(=O)(=O)c1cc(CO)sc1Br. The number of thiophene rings is 1. The van der Waals surface area contributed by atoms with Gasteiger partial charge in [-0.3, -0.25) is 0 Å². The molecule has 1 rings (SSSR count). The highest BCUT2D eigenvalue weighted by Gasteiger charge is 2.27. The largest absolute Gasteiger partial charge is 0.395 e. The van der Waals surface area contributed by atoms with Crippen molar-refractivity contribution in [2.75, 3.05) is 19.7 Å². The normalized spacial score (nSPS) is 12.0. The van der Waals surface area contributed by atoms with Crippen LogP contribution in [0.1, 0.15) is 4.88 Å². The summed E-state index contributed by atoms with van der Waals surface area (Å²) in [6.45, 7) is 3.16. The Labute approximate surface area is 119 Å². The minimum Gasteiger partial charge on any atom is -0.395 e. The lowest BCUT2D eigenvalue weighted by molar-refractivity contribution is 0.260. The maximum atomic E-state index is 12.3. The van der Waals surface area contributed by atoms with Gasteiger partial charge in [-0.1, -0.05) is 6.08 Å². The summed E-state index contributed by atoms with van der Waals surface area (Å²) in [7, 11) is -3.69. The molecule has 0 saturated heterocycles. The summed E-state index contributed by atoms with van der Waals surface area (Å²) in [6.07, 6.45) is 1.46. The van der Waals surface area contributed by atoms with Gasteiger partial charge in [0, 0.05) is 18.0 Å². The van der Waals surface area contributed by atoms with Gasteiger partial charge in [-0.2, -0.15) is 4.31 Å². The second-order valence-corrected chi connectivity index (χ2v) is 7.75. The van der Waals surface area contributed by atoms with E-state index in [9.17, 15) is 8.42 Å². The Hall–Kier alpha value is -0.250. The first kappa shape index (κ1) is 15.8. The third-order valence-corrected chi connectivity index (χ3v) is 6.26. The fraction of sp³-hybridized carbons (Fsp3) is 0.400. The Kier molecular flexibility index (Phi) is 5.96. The lowest BCUT2D eigenvalue weighted by Gasteiger charge is -2.19. The van der Waals surface area contributed by atoms with Crippen molar-refractivity contribution in [1.29, 1.82) is 0 Å². The highest BCUT2D eigenvalue weighted by atomic mass is 79.9. The summed E-state index contributed by atoms with van der Waals surface area (Å²) in [5.41, 5.74) is 0. The van der Waals surface area contributed by atoms with Gasteiger partial charge in [0.2, 0.25) is 10.0 Å². The second-order valence-electron chi connectivity index (χ2n) is 3.38. The van der Waals surface area contributed by atoms with Gasteiger partial charge in [-0.25, -0.2) is 8.42 Å². The summed E-state index contributed by atoms with van der Waals surface area (Å²) in [4.78, 5) is 0.662. The van der Waals surface area contributed by atoms with Gasteiger partial charge in [0.15, 0.2) is 0 Å². The first-order valence-corrected chi connectivity index (χ1v) is 8.13. The number of halogens is 1. The predicted octanol–water partition coefficient (Wildman–Crippen LogP) is 1.17. The van der Waals surface area contributed by atoms with Gasteiger partial charge < -0.3 is 10.2 Å². The molecular formula is C10H14BrNO4S2. The molecule has 0 aliphatic carbocycles. The summed E-state index contributed by atoms with van der Waals surface area (Å²) in [5, 5.41) is 17.9. The van der Waals surface area contributed by atoms with Crippen LogP contribution in [0.2, 0.25) is 0 Å². The molecule has 102 valence electrons. The molecule has 18 heavy (non-hydrogen) atoms. The van der Waals surface area contributed by atoms with Crippen LogP contribution in [-0.2, 0) is 16.6 Å². The number of hydrogen-bond acceptors (Lipinski definition) is 5. The lowest BCUT2D eigenvalue weighted by Crippen LogP contribution is -2.33. The van der Waals surface area contributed by atoms with Crippen molar-refractivity contribution < 1.29 is 18.6 Å². The Morgan fingerprint density at radius 3 is 2.61 bits per heavy atom. The topological polar surface area (TPSA) is 77.8 Å². The quantitative estimate of drug-likeness (QED) is 0.719. The van der Waals surface area contributed by atoms with E-state index in [-0.39, 0.29) is 31.2 Å². The van der Waals surface area contributed by atoms with Gasteiger partial charge >= 0.3 is 0 Å². The fourth-order valence-electron chi connectivity index (χ4n) is 1.36. The molecular weight excluding hydrogens is 342 g/mol. The summed E-state index contributed by atoms with van der Waals surface area (Å²) in [6, 6.07) is 1.43. The first-order chi connectivity index (χ1) is 8.47. The van der Waals surface area contributed by atoms with Crippen LogP contribution in [0.25, 0.3) is 0 Å². The van der Waals surface area contributed by atoms with E-state index in [1.54, 1.807) is 0 Å². The van der Waals surface area contributed by atoms with E-state index in [0.717, 1.165) is 4.31 Å². The molecule has 0 aliphatic rings.